The van der Waals surface area contributed by atoms with E-state index in [1.165, 1.54) is 38.5 Å². The van der Waals surface area contributed by atoms with E-state index in [0.717, 1.165) is 25.7 Å². The third-order valence-corrected chi connectivity index (χ3v) is 11.9. The maximum absolute atomic E-state index is 12.6. The van der Waals surface area contributed by atoms with Crippen molar-refractivity contribution >= 4 is 47.8 Å². The maximum Gasteiger partial charge on any atom is 0.338 e. The predicted molar refractivity (Wildman–Crippen MR) is 256 cm³/mol. The normalized spacial score (nSPS) is 17.2. The number of methoxy groups -OCH3 is 2. The number of hydrogen-bond donors (Lipinski definition) is 0. The van der Waals surface area contributed by atoms with Gasteiger partial charge in [-0.15, -0.1) is 0 Å². The molecule has 0 saturated heterocycles. The summed E-state index contributed by atoms with van der Waals surface area (Å²) in [6, 6.07) is 24.9. The van der Waals surface area contributed by atoms with Crippen LogP contribution in [0.4, 0.5) is 0 Å². The number of benzene rings is 4. The second kappa shape index (κ2) is 27.6. The molecule has 16 nitrogen and oxygen atoms in total. The summed E-state index contributed by atoms with van der Waals surface area (Å²) >= 11 is 0. The van der Waals surface area contributed by atoms with Crippen molar-refractivity contribution in [3.05, 3.63) is 119 Å². The fourth-order valence-corrected chi connectivity index (χ4v) is 7.58. The van der Waals surface area contributed by atoms with E-state index in [2.05, 4.69) is 9.47 Å². The first-order chi connectivity index (χ1) is 33.8. The summed E-state index contributed by atoms with van der Waals surface area (Å²) in [7, 11) is 2.59. The lowest BCUT2D eigenvalue weighted by Crippen LogP contribution is -2.30. The molecule has 0 atom stereocenters. The van der Waals surface area contributed by atoms with Gasteiger partial charge < -0.3 is 37.9 Å². The summed E-state index contributed by atoms with van der Waals surface area (Å²) in [5.74, 6) is -2.97. The smallest absolute Gasteiger partial charge is 0.338 e. The lowest BCUT2D eigenvalue weighted by Gasteiger charge is -2.25. The Balaban J connectivity index is 0.000000375. The number of rotatable bonds is 18. The minimum Gasteiger partial charge on any atom is -0.465 e. The molecule has 2 fully saturated rings. The molecule has 0 radical (unpaired) electrons. The van der Waals surface area contributed by atoms with Gasteiger partial charge in [0, 0.05) is 2.85 Å². The molecule has 0 heterocycles. The van der Waals surface area contributed by atoms with E-state index in [9.17, 15) is 38.4 Å². The van der Waals surface area contributed by atoms with E-state index in [4.69, 9.17) is 28.4 Å². The van der Waals surface area contributed by atoms with E-state index in [0.29, 0.717) is 110 Å². The number of hydrogen-bond acceptors (Lipinski definition) is 16. The van der Waals surface area contributed by atoms with Crippen LogP contribution in [0.5, 0.6) is 23.0 Å². The van der Waals surface area contributed by atoms with E-state index < -0.39 is 23.9 Å². The highest BCUT2D eigenvalue weighted by Crippen LogP contribution is 2.33. The molecular weight excluding hydrogens is 905 g/mol. The Morgan fingerprint density at radius 1 is 0.371 bits per heavy atom. The summed E-state index contributed by atoms with van der Waals surface area (Å²) in [5, 5.41) is 0. The van der Waals surface area contributed by atoms with Crippen molar-refractivity contribution in [1.29, 1.82) is 0 Å². The van der Waals surface area contributed by atoms with Crippen LogP contribution < -0.4 is 18.9 Å². The Kier molecular flexibility index (Phi) is 21.1. The number of carbonyl (C=O) groups is 8. The molecule has 16 heteroatoms. The molecule has 6 rings (SSSR count). The summed E-state index contributed by atoms with van der Waals surface area (Å²) in [4.78, 5) is 97.1. The van der Waals surface area contributed by atoms with Gasteiger partial charge in [0.2, 0.25) is 0 Å². The first-order valence-electron chi connectivity index (χ1n) is 23.6. The van der Waals surface area contributed by atoms with Gasteiger partial charge in [0.05, 0.1) is 73.4 Å². The van der Waals surface area contributed by atoms with Crippen LogP contribution in [-0.2, 0) is 38.1 Å². The first kappa shape index (κ1) is 53.6. The van der Waals surface area contributed by atoms with E-state index >= 15 is 0 Å². The van der Waals surface area contributed by atoms with Crippen LogP contribution in [-0.4, -0.2) is 75.2 Å². The largest absolute Gasteiger partial charge is 0.465 e. The Labute approximate surface area is 410 Å². The molecule has 376 valence electrons. The third kappa shape index (κ3) is 16.4. The Morgan fingerprint density at radius 2 is 0.586 bits per heavy atom. The Hall–Kier alpha value is -7.36. The topological polar surface area (TPSA) is 210 Å². The standard InChI is InChI=1S/C30H36O8.C24H24O8.2H2/c1-3-5-19-35-27(31)21-11-15-25(16-12-21)37-29(33)23-7-9-24(10-8-23)30(34)38-26-17-13-22(14-18-26)28(32)36-20-6-4-2;1-29-21(25)15-7-11-19(12-8-15)31-23(27)17-3-5-18(6-4-17)24(28)32-20-13-9-16(10-14-20)22(26)30-2;;/h11-18,23-24H,3-10,19-20H2,1-2H3;7-14,17-18H,3-6H2,1-2H3;2*1H. The zero-order valence-electron chi connectivity index (χ0n) is 40.0. The molecule has 2 saturated carbocycles. The van der Waals surface area contributed by atoms with Gasteiger partial charge in [0.1, 0.15) is 23.0 Å². The van der Waals surface area contributed by atoms with Crippen molar-refractivity contribution < 1.29 is 79.1 Å². The van der Waals surface area contributed by atoms with Gasteiger partial charge in [-0.25, -0.2) is 19.2 Å². The number of unbranched alkanes of at least 4 members (excludes halogenated alkanes) is 2. The average Bonchev–Trinajstić information content (AvgIpc) is 3.39. The minimum atomic E-state index is -0.465. The van der Waals surface area contributed by atoms with Gasteiger partial charge >= 0.3 is 47.8 Å². The molecule has 0 amide bonds. The van der Waals surface area contributed by atoms with Crippen LogP contribution >= 0.6 is 0 Å². The second-order valence-electron chi connectivity index (χ2n) is 16.8. The van der Waals surface area contributed by atoms with E-state index in [1.54, 1.807) is 72.8 Å². The third-order valence-electron chi connectivity index (χ3n) is 11.9. The number of ether oxygens (including phenoxy) is 8. The van der Waals surface area contributed by atoms with Gasteiger partial charge in [-0.3, -0.25) is 19.2 Å². The summed E-state index contributed by atoms with van der Waals surface area (Å²) in [5.41, 5.74) is 1.54. The van der Waals surface area contributed by atoms with Crippen LogP contribution in [0.1, 0.15) is 135 Å². The SMILES string of the molecule is CCCCOC(=O)c1ccc(OC(=O)C2CCC(C(=O)Oc3ccc(C(=O)OCCCC)cc3)CC2)cc1.COC(=O)c1ccc(OC(=O)C2CCC(C(=O)Oc3ccc(C(=O)OC)cc3)CC2)cc1.[HH].[HH]. The highest BCUT2D eigenvalue weighted by atomic mass is 16.6. The lowest BCUT2D eigenvalue weighted by molar-refractivity contribution is -0.145. The molecular formula is C54H64O16. The monoisotopic (exact) mass is 968 g/mol. The van der Waals surface area contributed by atoms with Gasteiger partial charge in [-0.05, 0) is 161 Å². The Bertz CT molecular complexity index is 2220. The van der Waals surface area contributed by atoms with Crippen molar-refractivity contribution in [1.82, 2.24) is 0 Å². The molecule has 2 aliphatic rings. The summed E-state index contributed by atoms with van der Waals surface area (Å²) in [6.07, 6.45) is 7.63. The van der Waals surface area contributed by atoms with Gasteiger partial charge in [0.25, 0.3) is 0 Å². The van der Waals surface area contributed by atoms with Crippen molar-refractivity contribution in [3.8, 4) is 23.0 Å². The molecule has 0 spiro atoms. The fraction of sp³-hybridized carbons (Fsp3) is 0.407. The number of carbonyl (C=O) groups excluding carboxylic acids is 8. The Morgan fingerprint density at radius 3 is 0.786 bits per heavy atom. The van der Waals surface area contributed by atoms with Gasteiger partial charge in [-0.2, -0.15) is 0 Å². The van der Waals surface area contributed by atoms with Crippen molar-refractivity contribution in [2.45, 2.75) is 90.9 Å². The molecule has 0 bridgehead atoms. The quantitative estimate of drug-likeness (QED) is 0.0393. The molecule has 70 heavy (non-hydrogen) atoms. The summed E-state index contributed by atoms with van der Waals surface area (Å²) in [6.45, 7) is 4.80. The zero-order valence-corrected chi connectivity index (χ0v) is 40.0. The van der Waals surface area contributed by atoms with Crippen LogP contribution in [0, 0.1) is 23.7 Å². The van der Waals surface area contributed by atoms with Crippen LogP contribution in [0.3, 0.4) is 0 Å². The van der Waals surface area contributed by atoms with Crippen LogP contribution in [0.25, 0.3) is 0 Å². The molecule has 0 unspecified atom stereocenters. The predicted octanol–water partition coefficient (Wildman–Crippen LogP) is 9.99. The van der Waals surface area contributed by atoms with E-state index in [-0.39, 0.29) is 50.4 Å². The molecule has 0 N–H and O–H groups in total. The van der Waals surface area contributed by atoms with Crippen LogP contribution in [0.2, 0.25) is 0 Å². The first-order valence-corrected chi connectivity index (χ1v) is 23.6. The molecule has 4 aromatic carbocycles. The van der Waals surface area contributed by atoms with Crippen molar-refractivity contribution in [2.75, 3.05) is 27.4 Å². The van der Waals surface area contributed by atoms with Gasteiger partial charge in [-0.1, -0.05) is 26.7 Å². The number of esters is 8. The molecule has 2 aliphatic carbocycles. The fourth-order valence-electron chi connectivity index (χ4n) is 7.58. The minimum absolute atomic E-state index is 0. The molecule has 0 aliphatic heterocycles. The van der Waals surface area contributed by atoms with Crippen LogP contribution in [0.15, 0.2) is 97.1 Å². The lowest BCUT2D eigenvalue weighted by atomic mass is 9.82. The highest BCUT2D eigenvalue weighted by molar-refractivity contribution is 5.91. The molecule has 4 aromatic rings. The summed E-state index contributed by atoms with van der Waals surface area (Å²) < 4.78 is 41.4. The molecule has 0 aromatic heterocycles. The average molecular weight is 969 g/mol. The highest BCUT2D eigenvalue weighted by Gasteiger charge is 2.34. The zero-order chi connectivity index (χ0) is 50.4. The van der Waals surface area contributed by atoms with Crippen molar-refractivity contribution in [2.24, 2.45) is 23.7 Å². The van der Waals surface area contributed by atoms with Gasteiger partial charge in [0.15, 0.2) is 0 Å². The maximum atomic E-state index is 12.6. The van der Waals surface area contributed by atoms with Crippen molar-refractivity contribution in [3.63, 3.8) is 0 Å². The van der Waals surface area contributed by atoms with E-state index in [1.807, 2.05) is 13.8 Å². The second-order valence-corrected chi connectivity index (χ2v) is 16.8.